The molecule has 0 saturated heterocycles. The molecule has 2 atom stereocenters. The molecule has 2 unspecified atom stereocenters. The minimum Gasteiger partial charge on any atom is -0.382 e. The smallest absolute Gasteiger partial charge is 0.239 e. The summed E-state index contributed by atoms with van der Waals surface area (Å²) in [6, 6.07) is 8.35. The van der Waals surface area contributed by atoms with Crippen LogP contribution in [0.4, 0.5) is 0 Å². The van der Waals surface area contributed by atoms with Gasteiger partial charge in [0.2, 0.25) is 6.04 Å². The molecule has 1 N–H and O–H groups in total. The second-order valence-corrected chi connectivity index (χ2v) is 3.29. The molecule has 0 amide bonds. The number of rotatable bonds is 4. The SMILES string of the molecule is CC(C(O)/C=C/c1ccccc1)[N+](=O)[O-]. The van der Waals surface area contributed by atoms with Crippen molar-refractivity contribution >= 4 is 6.08 Å². The summed E-state index contributed by atoms with van der Waals surface area (Å²) in [7, 11) is 0. The summed E-state index contributed by atoms with van der Waals surface area (Å²) in [6.45, 7) is 1.38. The Morgan fingerprint density at radius 3 is 2.53 bits per heavy atom. The molecule has 0 aliphatic rings. The summed E-state index contributed by atoms with van der Waals surface area (Å²) in [6.07, 6.45) is 2.05. The first-order chi connectivity index (χ1) is 7.11. The van der Waals surface area contributed by atoms with E-state index in [0.717, 1.165) is 5.56 Å². The Hall–Kier alpha value is -1.68. The number of nitrogens with zero attached hydrogens (tertiary/aromatic N) is 1. The number of hydrogen-bond donors (Lipinski definition) is 1. The van der Waals surface area contributed by atoms with Crippen LogP contribution >= 0.6 is 0 Å². The van der Waals surface area contributed by atoms with Gasteiger partial charge in [0.05, 0.1) is 0 Å². The fourth-order valence-corrected chi connectivity index (χ4v) is 1.06. The van der Waals surface area contributed by atoms with Crippen LogP contribution < -0.4 is 0 Å². The molecular weight excluding hydrogens is 194 g/mol. The van der Waals surface area contributed by atoms with E-state index in [9.17, 15) is 15.2 Å². The zero-order chi connectivity index (χ0) is 11.3. The lowest BCUT2D eigenvalue weighted by atomic mass is 10.1. The molecule has 0 heterocycles. The molecule has 80 valence electrons. The van der Waals surface area contributed by atoms with Crippen LogP contribution in [0.1, 0.15) is 12.5 Å². The average molecular weight is 207 g/mol. The third-order valence-corrected chi connectivity index (χ3v) is 2.11. The van der Waals surface area contributed by atoms with E-state index in [1.165, 1.54) is 13.0 Å². The van der Waals surface area contributed by atoms with Crippen molar-refractivity contribution in [1.29, 1.82) is 0 Å². The normalized spacial score (nSPS) is 15.1. The highest BCUT2D eigenvalue weighted by Gasteiger charge is 2.20. The van der Waals surface area contributed by atoms with Gasteiger partial charge in [-0.25, -0.2) is 0 Å². The monoisotopic (exact) mass is 207 g/mol. The van der Waals surface area contributed by atoms with E-state index in [2.05, 4.69) is 0 Å². The molecule has 0 radical (unpaired) electrons. The summed E-state index contributed by atoms with van der Waals surface area (Å²) in [4.78, 5) is 9.86. The summed E-state index contributed by atoms with van der Waals surface area (Å²) in [5.74, 6) is 0. The Labute approximate surface area is 88.0 Å². The molecule has 1 aromatic carbocycles. The highest BCUT2D eigenvalue weighted by molar-refractivity contribution is 5.49. The summed E-state index contributed by atoms with van der Waals surface area (Å²) in [5, 5.41) is 19.8. The second kappa shape index (κ2) is 5.26. The van der Waals surface area contributed by atoms with Crippen molar-refractivity contribution < 1.29 is 10.0 Å². The molecule has 0 aliphatic carbocycles. The van der Waals surface area contributed by atoms with Crippen LogP contribution in [0.15, 0.2) is 36.4 Å². The summed E-state index contributed by atoms with van der Waals surface area (Å²) in [5.41, 5.74) is 0.909. The van der Waals surface area contributed by atoms with Crippen molar-refractivity contribution in [2.45, 2.75) is 19.1 Å². The first-order valence-electron chi connectivity index (χ1n) is 4.66. The van der Waals surface area contributed by atoms with E-state index in [1.54, 1.807) is 6.08 Å². The molecule has 0 bridgehead atoms. The fourth-order valence-electron chi connectivity index (χ4n) is 1.06. The van der Waals surface area contributed by atoms with Gasteiger partial charge >= 0.3 is 0 Å². The van der Waals surface area contributed by atoms with Gasteiger partial charge in [-0.1, -0.05) is 36.4 Å². The first-order valence-corrected chi connectivity index (χ1v) is 4.66. The maximum Gasteiger partial charge on any atom is 0.239 e. The van der Waals surface area contributed by atoms with E-state index in [4.69, 9.17) is 0 Å². The molecule has 4 nitrogen and oxygen atoms in total. The molecule has 0 aliphatic heterocycles. The number of aliphatic hydroxyl groups excluding tert-OH is 1. The Balaban J connectivity index is 2.62. The molecule has 4 heteroatoms. The number of nitro groups is 1. The molecule has 0 saturated carbocycles. The Bertz CT molecular complexity index is 348. The van der Waals surface area contributed by atoms with Gasteiger partial charge in [-0.3, -0.25) is 10.1 Å². The van der Waals surface area contributed by atoms with Gasteiger partial charge < -0.3 is 5.11 Å². The van der Waals surface area contributed by atoms with Crippen molar-refractivity contribution in [3.05, 3.63) is 52.1 Å². The molecule has 1 aromatic rings. The van der Waals surface area contributed by atoms with Gasteiger partial charge in [0.1, 0.15) is 6.10 Å². The van der Waals surface area contributed by atoms with E-state index < -0.39 is 17.1 Å². The highest BCUT2D eigenvalue weighted by atomic mass is 16.6. The van der Waals surface area contributed by atoms with E-state index in [-0.39, 0.29) is 0 Å². The van der Waals surface area contributed by atoms with Crippen molar-refractivity contribution in [2.24, 2.45) is 0 Å². The Kier molecular flexibility index (Phi) is 4.00. The molecule has 0 spiro atoms. The predicted octanol–water partition coefficient (Wildman–Crippen LogP) is 1.73. The maximum atomic E-state index is 10.4. The maximum absolute atomic E-state index is 10.4. The van der Waals surface area contributed by atoms with Crippen LogP contribution in [0.5, 0.6) is 0 Å². The first kappa shape index (κ1) is 11.4. The van der Waals surface area contributed by atoms with Crippen molar-refractivity contribution in [1.82, 2.24) is 0 Å². The fraction of sp³-hybridized carbons (Fsp3) is 0.273. The van der Waals surface area contributed by atoms with Crippen LogP contribution in [0.2, 0.25) is 0 Å². The third kappa shape index (κ3) is 3.52. The van der Waals surface area contributed by atoms with Crippen LogP contribution in [0, 0.1) is 10.1 Å². The standard InChI is InChI=1S/C11H13NO3/c1-9(12(14)15)11(13)8-7-10-5-3-2-4-6-10/h2-9,11,13H,1H3/b8-7+. The second-order valence-electron chi connectivity index (χ2n) is 3.29. The quantitative estimate of drug-likeness (QED) is 0.604. The number of benzene rings is 1. The van der Waals surface area contributed by atoms with Gasteiger partial charge in [0, 0.05) is 11.8 Å². The van der Waals surface area contributed by atoms with E-state index >= 15 is 0 Å². The molecule has 0 fully saturated rings. The molecule has 1 rings (SSSR count). The van der Waals surface area contributed by atoms with Crippen LogP contribution in [0.3, 0.4) is 0 Å². The lowest BCUT2D eigenvalue weighted by Crippen LogP contribution is -2.28. The van der Waals surface area contributed by atoms with Crippen molar-refractivity contribution in [3.63, 3.8) is 0 Å². The predicted molar refractivity (Wildman–Crippen MR) is 57.9 cm³/mol. The highest BCUT2D eigenvalue weighted by Crippen LogP contribution is 2.05. The van der Waals surface area contributed by atoms with Crippen LogP contribution in [-0.2, 0) is 0 Å². The van der Waals surface area contributed by atoms with Gasteiger partial charge in [-0.2, -0.15) is 0 Å². The molecular formula is C11H13NO3. The van der Waals surface area contributed by atoms with E-state index in [1.807, 2.05) is 30.3 Å². The third-order valence-electron chi connectivity index (χ3n) is 2.11. The summed E-state index contributed by atoms with van der Waals surface area (Å²) >= 11 is 0. The van der Waals surface area contributed by atoms with E-state index in [0.29, 0.717) is 0 Å². The minimum atomic E-state index is -1.06. The molecule has 0 aromatic heterocycles. The largest absolute Gasteiger partial charge is 0.382 e. The van der Waals surface area contributed by atoms with Gasteiger partial charge in [0.25, 0.3) is 0 Å². The Morgan fingerprint density at radius 1 is 1.40 bits per heavy atom. The molecule has 15 heavy (non-hydrogen) atoms. The minimum absolute atomic E-state index is 0.500. The lowest BCUT2D eigenvalue weighted by Gasteiger charge is -2.06. The zero-order valence-corrected chi connectivity index (χ0v) is 8.41. The van der Waals surface area contributed by atoms with Crippen molar-refractivity contribution in [2.75, 3.05) is 0 Å². The average Bonchev–Trinajstić information content (AvgIpc) is 2.26. The zero-order valence-electron chi connectivity index (χ0n) is 8.41. The van der Waals surface area contributed by atoms with Crippen LogP contribution in [-0.4, -0.2) is 22.2 Å². The number of hydrogen-bond acceptors (Lipinski definition) is 3. The van der Waals surface area contributed by atoms with Crippen LogP contribution in [0.25, 0.3) is 6.08 Å². The van der Waals surface area contributed by atoms with Gasteiger partial charge in [-0.05, 0) is 11.6 Å². The Morgan fingerprint density at radius 2 is 2.00 bits per heavy atom. The van der Waals surface area contributed by atoms with Gasteiger partial charge in [-0.15, -0.1) is 0 Å². The number of aliphatic hydroxyl groups is 1. The van der Waals surface area contributed by atoms with Crippen molar-refractivity contribution in [3.8, 4) is 0 Å². The summed E-state index contributed by atoms with van der Waals surface area (Å²) < 4.78 is 0. The van der Waals surface area contributed by atoms with Gasteiger partial charge in [0.15, 0.2) is 0 Å². The topological polar surface area (TPSA) is 63.4 Å². The lowest BCUT2D eigenvalue weighted by molar-refractivity contribution is -0.526.